The van der Waals surface area contributed by atoms with Crippen LogP contribution in [-0.2, 0) is 0 Å². The molecule has 0 aliphatic rings. The molecule has 3 heterocycles. The number of aryl methyl sites for hydroxylation is 1. The zero-order valence-corrected chi connectivity index (χ0v) is 14.2. The summed E-state index contributed by atoms with van der Waals surface area (Å²) in [6, 6.07) is 13.2. The number of H-pyrrole nitrogens is 1. The van der Waals surface area contributed by atoms with E-state index >= 15 is 0 Å². The summed E-state index contributed by atoms with van der Waals surface area (Å²) in [6.07, 6.45) is 2.91. The zero-order chi connectivity index (χ0) is 17.9. The van der Waals surface area contributed by atoms with Crippen molar-refractivity contribution in [1.82, 2.24) is 24.6 Å². The smallest absolute Gasteiger partial charge is 0.216 e. The van der Waals surface area contributed by atoms with Gasteiger partial charge in [0.15, 0.2) is 5.82 Å². The van der Waals surface area contributed by atoms with Gasteiger partial charge in [-0.15, -0.1) is 0 Å². The molecule has 8 heteroatoms. The molecule has 1 aromatic carbocycles. The first-order valence-electron chi connectivity index (χ1n) is 8.29. The number of nitrogens with zero attached hydrogens (tertiary/aromatic N) is 4. The Hall–Kier alpha value is -3.39. The third-order valence-corrected chi connectivity index (χ3v) is 4.00. The van der Waals surface area contributed by atoms with Gasteiger partial charge in [0, 0.05) is 36.8 Å². The number of hydrogen-bond acceptors (Lipinski definition) is 6. The number of imidazole rings is 1. The molecule has 4 aromatic rings. The molecule has 26 heavy (non-hydrogen) atoms. The van der Waals surface area contributed by atoms with Gasteiger partial charge < -0.3 is 15.7 Å². The minimum atomic E-state index is -0.626. The zero-order valence-electron chi connectivity index (χ0n) is 14.2. The van der Waals surface area contributed by atoms with Crippen LogP contribution in [0.2, 0.25) is 0 Å². The highest BCUT2D eigenvalue weighted by molar-refractivity contribution is 5.59. The molecule has 0 unspecified atom stereocenters. The van der Waals surface area contributed by atoms with Crippen LogP contribution >= 0.6 is 0 Å². The average Bonchev–Trinajstić information content (AvgIpc) is 3.29. The van der Waals surface area contributed by atoms with E-state index in [0.29, 0.717) is 24.1 Å². The standard InChI is InChI=1S/C18H19N7O/c1-12-9-16(24-23-12)22-18-21-15(10-17-19-7-8-25(17)18)20-11-14(26)13-5-3-2-4-6-13/h2-10,14,20,26H,11H2,1H3,(H2,21,22,23,24)/t14-/m0/s1. The second-order valence-corrected chi connectivity index (χ2v) is 5.99. The lowest BCUT2D eigenvalue weighted by molar-refractivity contribution is 0.191. The quantitative estimate of drug-likeness (QED) is 0.427. The van der Waals surface area contributed by atoms with Gasteiger partial charge in [0.1, 0.15) is 11.5 Å². The molecular weight excluding hydrogens is 330 g/mol. The predicted molar refractivity (Wildman–Crippen MR) is 99.5 cm³/mol. The average molecular weight is 349 g/mol. The molecule has 3 aromatic heterocycles. The van der Waals surface area contributed by atoms with Crippen molar-refractivity contribution in [1.29, 1.82) is 0 Å². The van der Waals surface area contributed by atoms with Crippen LogP contribution < -0.4 is 10.6 Å². The number of rotatable bonds is 6. The first-order chi connectivity index (χ1) is 12.7. The first kappa shape index (κ1) is 16.1. The van der Waals surface area contributed by atoms with E-state index in [0.717, 1.165) is 16.9 Å². The number of aromatic amines is 1. The number of aliphatic hydroxyl groups excluding tert-OH is 1. The van der Waals surface area contributed by atoms with Crippen LogP contribution in [0.25, 0.3) is 5.65 Å². The van der Waals surface area contributed by atoms with Gasteiger partial charge in [-0.3, -0.25) is 9.50 Å². The number of fused-ring (bicyclic) bond motifs is 1. The molecule has 0 bridgehead atoms. The molecule has 0 saturated heterocycles. The fourth-order valence-corrected chi connectivity index (χ4v) is 2.69. The van der Waals surface area contributed by atoms with Gasteiger partial charge in [0.25, 0.3) is 0 Å². The Morgan fingerprint density at radius 1 is 1.19 bits per heavy atom. The third-order valence-electron chi connectivity index (χ3n) is 4.00. The van der Waals surface area contributed by atoms with Crippen LogP contribution in [0.3, 0.4) is 0 Å². The predicted octanol–water partition coefficient (Wildman–Crippen LogP) is 2.65. The molecule has 0 aliphatic heterocycles. The van der Waals surface area contributed by atoms with E-state index in [1.165, 1.54) is 0 Å². The highest BCUT2D eigenvalue weighted by atomic mass is 16.3. The van der Waals surface area contributed by atoms with Crippen molar-refractivity contribution in [2.24, 2.45) is 0 Å². The molecule has 4 N–H and O–H groups in total. The molecule has 0 radical (unpaired) electrons. The van der Waals surface area contributed by atoms with E-state index in [9.17, 15) is 5.11 Å². The Kier molecular flexibility index (Phi) is 4.24. The number of anilines is 3. The molecule has 0 aliphatic carbocycles. The summed E-state index contributed by atoms with van der Waals surface area (Å²) in [5, 5.41) is 23.7. The molecule has 8 nitrogen and oxygen atoms in total. The second kappa shape index (κ2) is 6.85. The number of benzene rings is 1. The molecule has 0 saturated carbocycles. The van der Waals surface area contributed by atoms with Gasteiger partial charge in [0.05, 0.1) is 6.10 Å². The fraction of sp³-hybridized carbons (Fsp3) is 0.167. The SMILES string of the molecule is Cc1cc(Nc2nc(NC[C@H](O)c3ccccc3)cc3nccn23)n[nH]1. The lowest BCUT2D eigenvalue weighted by Gasteiger charge is -2.14. The normalized spacial score (nSPS) is 12.2. The van der Waals surface area contributed by atoms with Gasteiger partial charge in [-0.1, -0.05) is 30.3 Å². The lowest BCUT2D eigenvalue weighted by Crippen LogP contribution is -2.14. The first-order valence-corrected chi connectivity index (χ1v) is 8.29. The Morgan fingerprint density at radius 3 is 2.81 bits per heavy atom. The van der Waals surface area contributed by atoms with Crippen molar-refractivity contribution in [2.45, 2.75) is 13.0 Å². The van der Waals surface area contributed by atoms with E-state index in [1.807, 2.05) is 60.0 Å². The van der Waals surface area contributed by atoms with Crippen molar-refractivity contribution < 1.29 is 5.11 Å². The Bertz CT molecular complexity index is 1010. The van der Waals surface area contributed by atoms with Gasteiger partial charge in [-0.05, 0) is 12.5 Å². The topological polar surface area (TPSA) is 103 Å². The summed E-state index contributed by atoms with van der Waals surface area (Å²) in [6.45, 7) is 2.27. The minimum Gasteiger partial charge on any atom is -0.387 e. The van der Waals surface area contributed by atoms with Crippen molar-refractivity contribution >= 4 is 23.2 Å². The largest absolute Gasteiger partial charge is 0.387 e. The highest BCUT2D eigenvalue weighted by Gasteiger charge is 2.11. The molecule has 1 atom stereocenters. The molecular formula is C18H19N7O. The summed E-state index contributed by atoms with van der Waals surface area (Å²) >= 11 is 0. The third kappa shape index (κ3) is 3.35. The van der Waals surface area contributed by atoms with Crippen molar-refractivity contribution in [3.63, 3.8) is 0 Å². The van der Waals surface area contributed by atoms with E-state index in [-0.39, 0.29) is 0 Å². The van der Waals surface area contributed by atoms with Gasteiger partial charge in [-0.25, -0.2) is 4.98 Å². The van der Waals surface area contributed by atoms with E-state index in [1.54, 1.807) is 6.20 Å². The van der Waals surface area contributed by atoms with Crippen molar-refractivity contribution in [3.8, 4) is 0 Å². The van der Waals surface area contributed by atoms with Crippen molar-refractivity contribution in [2.75, 3.05) is 17.2 Å². The Balaban J connectivity index is 1.55. The summed E-state index contributed by atoms with van der Waals surface area (Å²) in [5.74, 6) is 1.88. The fourth-order valence-electron chi connectivity index (χ4n) is 2.69. The maximum atomic E-state index is 10.3. The number of hydrogen-bond donors (Lipinski definition) is 4. The summed E-state index contributed by atoms with van der Waals surface area (Å²) in [7, 11) is 0. The van der Waals surface area contributed by atoms with Gasteiger partial charge in [0.2, 0.25) is 5.95 Å². The highest BCUT2D eigenvalue weighted by Crippen LogP contribution is 2.19. The van der Waals surface area contributed by atoms with Crippen LogP contribution in [0.4, 0.5) is 17.6 Å². The van der Waals surface area contributed by atoms with E-state index < -0.39 is 6.10 Å². The van der Waals surface area contributed by atoms with E-state index in [4.69, 9.17) is 0 Å². The van der Waals surface area contributed by atoms with E-state index in [2.05, 4.69) is 30.8 Å². The van der Waals surface area contributed by atoms with Crippen LogP contribution in [-0.4, -0.2) is 36.2 Å². The molecule has 0 fully saturated rings. The Labute approximate surface area is 149 Å². The Morgan fingerprint density at radius 2 is 2.04 bits per heavy atom. The minimum absolute atomic E-state index is 0.342. The summed E-state index contributed by atoms with van der Waals surface area (Å²) in [4.78, 5) is 8.90. The van der Waals surface area contributed by atoms with Crippen LogP contribution in [0.15, 0.2) is 54.9 Å². The molecule has 132 valence electrons. The number of nitrogens with one attached hydrogen (secondary N) is 3. The maximum absolute atomic E-state index is 10.3. The van der Waals surface area contributed by atoms with Crippen LogP contribution in [0.5, 0.6) is 0 Å². The summed E-state index contributed by atoms with van der Waals surface area (Å²) in [5.41, 5.74) is 2.55. The second-order valence-electron chi connectivity index (χ2n) is 5.99. The van der Waals surface area contributed by atoms with Gasteiger partial charge >= 0.3 is 0 Å². The summed E-state index contributed by atoms with van der Waals surface area (Å²) < 4.78 is 1.84. The molecule has 4 rings (SSSR count). The van der Waals surface area contributed by atoms with Crippen LogP contribution in [0.1, 0.15) is 17.4 Å². The monoisotopic (exact) mass is 349 g/mol. The number of aliphatic hydroxyl groups is 1. The van der Waals surface area contributed by atoms with Crippen LogP contribution in [0, 0.1) is 6.92 Å². The number of aromatic nitrogens is 5. The molecule has 0 spiro atoms. The maximum Gasteiger partial charge on any atom is 0.216 e. The van der Waals surface area contributed by atoms with Gasteiger partial charge in [-0.2, -0.15) is 10.1 Å². The van der Waals surface area contributed by atoms with Crippen molar-refractivity contribution in [3.05, 3.63) is 66.1 Å². The lowest BCUT2D eigenvalue weighted by atomic mass is 10.1. The molecule has 0 amide bonds.